The van der Waals surface area contributed by atoms with Gasteiger partial charge in [0, 0.05) is 12.5 Å². The van der Waals surface area contributed by atoms with Gasteiger partial charge in [-0.25, -0.2) is 0 Å². The lowest BCUT2D eigenvalue weighted by Gasteiger charge is -2.16. The molecule has 2 atom stereocenters. The van der Waals surface area contributed by atoms with Crippen molar-refractivity contribution in [3.8, 4) is 0 Å². The second-order valence-electron chi connectivity index (χ2n) is 4.59. The van der Waals surface area contributed by atoms with Gasteiger partial charge in [0.1, 0.15) is 5.78 Å². The Morgan fingerprint density at radius 2 is 2.06 bits per heavy atom. The van der Waals surface area contributed by atoms with Gasteiger partial charge >= 0.3 is 0 Å². The first-order valence-electron chi connectivity index (χ1n) is 6.63. The second-order valence-corrected chi connectivity index (χ2v) is 4.59. The number of carbonyl (C=O) groups excluding carboxylic acids is 1. The quantitative estimate of drug-likeness (QED) is 0.646. The van der Waals surface area contributed by atoms with Crippen LogP contribution in [0.25, 0.3) is 0 Å². The smallest absolute Gasteiger partial charge is 0.139 e. The highest BCUT2D eigenvalue weighted by molar-refractivity contribution is 5.82. The number of unbranched alkanes of at least 4 members (excludes halogenated alkanes) is 3. The maximum Gasteiger partial charge on any atom is 0.139 e. The van der Waals surface area contributed by atoms with Gasteiger partial charge in [-0.2, -0.15) is 0 Å². The highest BCUT2D eigenvalue weighted by atomic mass is 16.5. The molecule has 1 heterocycles. The maximum atomic E-state index is 12.0. The lowest BCUT2D eigenvalue weighted by atomic mass is 9.94. The number of ketones is 1. The standard InChI is InChI=1S/C13H25NO2/c1-3-5-6-7-8-13(15)11-9-16-10-12(11)14-4-2/h11-12,14H,3-10H2,1-2H3. The largest absolute Gasteiger partial charge is 0.379 e. The van der Waals surface area contributed by atoms with Crippen LogP contribution in [0, 0.1) is 5.92 Å². The van der Waals surface area contributed by atoms with Crippen LogP contribution in [-0.4, -0.2) is 31.6 Å². The summed E-state index contributed by atoms with van der Waals surface area (Å²) in [7, 11) is 0. The molecular weight excluding hydrogens is 202 g/mol. The third kappa shape index (κ3) is 4.22. The summed E-state index contributed by atoms with van der Waals surface area (Å²) in [5.41, 5.74) is 0. The minimum Gasteiger partial charge on any atom is -0.379 e. The molecule has 1 rings (SSSR count). The van der Waals surface area contributed by atoms with Crippen LogP contribution < -0.4 is 5.32 Å². The Morgan fingerprint density at radius 1 is 1.25 bits per heavy atom. The molecule has 0 spiro atoms. The lowest BCUT2D eigenvalue weighted by molar-refractivity contribution is -0.123. The molecule has 0 aromatic rings. The van der Waals surface area contributed by atoms with Crippen LogP contribution >= 0.6 is 0 Å². The van der Waals surface area contributed by atoms with Crippen molar-refractivity contribution < 1.29 is 9.53 Å². The van der Waals surface area contributed by atoms with Crippen molar-refractivity contribution in [1.29, 1.82) is 0 Å². The van der Waals surface area contributed by atoms with Crippen LogP contribution in [0.3, 0.4) is 0 Å². The number of nitrogens with one attached hydrogen (secondary N) is 1. The van der Waals surface area contributed by atoms with Crippen LogP contribution in [-0.2, 0) is 9.53 Å². The number of ether oxygens (including phenoxy) is 1. The third-order valence-electron chi connectivity index (χ3n) is 3.24. The molecule has 0 radical (unpaired) electrons. The summed E-state index contributed by atoms with van der Waals surface area (Å²) in [6, 6.07) is 0.253. The molecule has 1 saturated heterocycles. The summed E-state index contributed by atoms with van der Waals surface area (Å²) in [6.07, 6.45) is 5.42. The van der Waals surface area contributed by atoms with Gasteiger partial charge in [-0.3, -0.25) is 4.79 Å². The number of hydrogen-bond donors (Lipinski definition) is 1. The zero-order chi connectivity index (χ0) is 11.8. The van der Waals surface area contributed by atoms with Gasteiger partial charge in [0.25, 0.3) is 0 Å². The van der Waals surface area contributed by atoms with E-state index in [-0.39, 0.29) is 12.0 Å². The molecule has 0 saturated carbocycles. The molecule has 16 heavy (non-hydrogen) atoms. The second kappa shape index (κ2) is 7.80. The lowest BCUT2D eigenvalue weighted by Crippen LogP contribution is -2.39. The number of Topliss-reactive ketones (excluding diaryl/α,β-unsaturated/α-hetero) is 1. The summed E-state index contributed by atoms with van der Waals surface area (Å²) in [5.74, 6) is 0.487. The fourth-order valence-corrected chi connectivity index (χ4v) is 2.25. The van der Waals surface area contributed by atoms with E-state index in [1.807, 2.05) is 0 Å². The zero-order valence-electron chi connectivity index (χ0n) is 10.6. The van der Waals surface area contributed by atoms with Crippen LogP contribution in [0.1, 0.15) is 46.0 Å². The van der Waals surface area contributed by atoms with Gasteiger partial charge in [0.2, 0.25) is 0 Å². The van der Waals surface area contributed by atoms with E-state index in [4.69, 9.17) is 4.74 Å². The molecule has 0 bridgehead atoms. The maximum absolute atomic E-state index is 12.0. The van der Waals surface area contributed by atoms with Crippen molar-refractivity contribution in [3.63, 3.8) is 0 Å². The van der Waals surface area contributed by atoms with E-state index >= 15 is 0 Å². The van der Waals surface area contributed by atoms with Gasteiger partial charge in [0.15, 0.2) is 0 Å². The topological polar surface area (TPSA) is 38.3 Å². The van der Waals surface area contributed by atoms with E-state index in [1.165, 1.54) is 19.3 Å². The Balaban J connectivity index is 2.23. The number of likely N-dealkylation sites (N-methyl/N-ethyl adjacent to an activating group) is 1. The van der Waals surface area contributed by atoms with Crippen molar-refractivity contribution in [2.75, 3.05) is 19.8 Å². The van der Waals surface area contributed by atoms with Crippen molar-refractivity contribution in [2.24, 2.45) is 5.92 Å². The predicted octanol–water partition coefficient (Wildman–Crippen LogP) is 2.15. The number of rotatable bonds is 8. The SMILES string of the molecule is CCCCCCC(=O)C1COCC1NCC. The zero-order valence-corrected chi connectivity index (χ0v) is 10.6. The normalized spacial score (nSPS) is 24.9. The summed E-state index contributed by atoms with van der Waals surface area (Å²) < 4.78 is 5.39. The predicted molar refractivity (Wildman–Crippen MR) is 65.5 cm³/mol. The van der Waals surface area contributed by atoms with E-state index in [9.17, 15) is 4.79 Å². The first-order valence-corrected chi connectivity index (χ1v) is 6.63. The molecule has 0 aliphatic carbocycles. The average molecular weight is 227 g/mol. The fourth-order valence-electron chi connectivity index (χ4n) is 2.25. The monoisotopic (exact) mass is 227 g/mol. The Labute approximate surface area is 98.9 Å². The Morgan fingerprint density at radius 3 is 2.75 bits per heavy atom. The summed E-state index contributed by atoms with van der Waals surface area (Å²) in [4.78, 5) is 12.0. The first kappa shape index (κ1) is 13.7. The highest BCUT2D eigenvalue weighted by Gasteiger charge is 2.32. The van der Waals surface area contributed by atoms with E-state index in [2.05, 4.69) is 19.2 Å². The van der Waals surface area contributed by atoms with Crippen LogP contribution in [0.2, 0.25) is 0 Å². The minimum atomic E-state index is 0.0987. The highest BCUT2D eigenvalue weighted by Crippen LogP contribution is 2.18. The van der Waals surface area contributed by atoms with Gasteiger partial charge in [-0.05, 0) is 13.0 Å². The van der Waals surface area contributed by atoms with Crippen molar-refractivity contribution >= 4 is 5.78 Å². The Bertz CT molecular complexity index is 206. The molecule has 3 nitrogen and oxygen atoms in total. The third-order valence-corrected chi connectivity index (χ3v) is 3.24. The Kier molecular flexibility index (Phi) is 6.65. The van der Waals surface area contributed by atoms with E-state index in [0.29, 0.717) is 19.0 Å². The van der Waals surface area contributed by atoms with E-state index in [1.54, 1.807) is 0 Å². The molecular formula is C13H25NO2. The fraction of sp³-hybridized carbons (Fsp3) is 0.923. The molecule has 0 aromatic heterocycles. The van der Waals surface area contributed by atoms with E-state index in [0.717, 1.165) is 19.4 Å². The molecule has 1 aliphatic rings. The first-order chi connectivity index (χ1) is 7.79. The molecule has 0 aromatic carbocycles. The molecule has 1 N–H and O–H groups in total. The molecule has 2 unspecified atom stereocenters. The van der Waals surface area contributed by atoms with Crippen LogP contribution in [0.15, 0.2) is 0 Å². The molecule has 1 aliphatic heterocycles. The summed E-state index contributed by atoms with van der Waals surface area (Å²) in [6.45, 7) is 6.48. The molecule has 3 heteroatoms. The van der Waals surface area contributed by atoms with Gasteiger partial charge in [-0.1, -0.05) is 33.1 Å². The van der Waals surface area contributed by atoms with Crippen molar-refractivity contribution in [1.82, 2.24) is 5.32 Å². The van der Waals surface area contributed by atoms with Crippen molar-refractivity contribution in [3.05, 3.63) is 0 Å². The van der Waals surface area contributed by atoms with E-state index < -0.39 is 0 Å². The van der Waals surface area contributed by atoms with Crippen molar-refractivity contribution in [2.45, 2.75) is 52.0 Å². The molecule has 94 valence electrons. The van der Waals surface area contributed by atoms with Crippen LogP contribution in [0.4, 0.5) is 0 Å². The average Bonchev–Trinajstić information content (AvgIpc) is 2.73. The molecule has 0 amide bonds. The van der Waals surface area contributed by atoms with Gasteiger partial charge in [-0.15, -0.1) is 0 Å². The number of carbonyl (C=O) groups is 1. The summed E-state index contributed by atoms with van der Waals surface area (Å²) >= 11 is 0. The molecule has 1 fully saturated rings. The van der Waals surface area contributed by atoms with Crippen LogP contribution in [0.5, 0.6) is 0 Å². The van der Waals surface area contributed by atoms with Gasteiger partial charge in [0.05, 0.1) is 19.1 Å². The number of hydrogen-bond acceptors (Lipinski definition) is 3. The van der Waals surface area contributed by atoms with Gasteiger partial charge < -0.3 is 10.1 Å². The Hall–Kier alpha value is -0.410. The summed E-state index contributed by atoms with van der Waals surface area (Å²) in [5, 5.41) is 3.33. The minimum absolute atomic E-state index is 0.0987.